The Kier molecular flexibility index (Phi) is 3.84. The van der Waals surface area contributed by atoms with Crippen LogP contribution in [-0.2, 0) is 0 Å². The third kappa shape index (κ3) is 2.81. The Balaban J connectivity index is 2.29. The number of halogens is 1. The number of nitrogens with one attached hydrogen (secondary N) is 2. The molecular weight excluding hydrogens is 252 g/mol. The quantitative estimate of drug-likeness (QED) is 0.889. The molecule has 2 aromatic rings. The molecule has 18 heavy (non-hydrogen) atoms. The normalized spacial score (nSPS) is 9.94. The van der Waals surface area contributed by atoms with Crippen LogP contribution in [0.15, 0.2) is 30.5 Å². The second kappa shape index (κ2) is 5.55. The topological polar surface area (TPSA) is 59.1 Å². The molecule has 1 aromatic carbocycles. The van der Waals surface area contributed by atoms with Crippen molar-refractivity contribution in [2.75, 3.05) is 24.8 Å². The summed E-state index contributed by atoms with van der Waals surface area (Å²) in [6.45, 7) is 0. The van der Waals surface area contributed by atoms with Gasteiger partial charge in [0, 0.05) is 18.3 Å². The predicted molar refractivity (Wildman–Crippen MR) is 72.9 cm³/mol. The first kappa shape index (κ1) is 12.4. The van der Waals surface area contributed by atoms with Crippen molar-refractivity contribution in [3.05, 3.63) is 35.5 Å². The fourth-order valence-electron chi connectivity index (χ4n) is 1.46. The highest BCUT2D eigenvalue weighted by molar-refractivity contribution is 6.31. The summed E-state index contributed by atoms with van der Waals surface area (Å²) in [5, 5.41) is 6.64. The van der Waals surface area contributed by atoms with Crippen molar-refractivity contribution >= 4 is 29.1 Å². The van der Waals surface area contributed by atoms with Gasteiger partial charge in [-0.1, -0.05) is 11.6 Å². The second-order valence-electron chi connectivity index (χ2n) is 3.49. The van der Waals surface area contributed by atoms with Crippen molar-refractivity contribution in [2.45, 2.75) is 0 Å². The summed E-state index contributed by atoms with van der Waals surface area (Å²) >= 11 is 5.96. The molecule has 0 bridgehead atoms. The Bertz CT molecular complexity index is 547. The first-order valence-electron chi connectivity index (χ1n) is 5.34. The molecule has 0 aliphatic heterocycles. The van der Waals surface area contributed by atoms with Crippen LogP contribution in [-0.4, -0.2) is 24.1 Å². The van der Waals surface area contributed by atoms with E-state index in [4.69, 9.17) is 16.3 Å². The number of rotatable bonds is 4. The van der Waals surface area contributed by atoms with E-state index in [1.165, 1.54) is 0 Å². The number of anilines is 3. The van der Waals surface area contributed by atoms with Gasteiger partial charge in [-0.15, -0.1) is 0 Å². The molecule has 0 radical (unpaired) electrons. The minimum absolute atomic E-state index is 0.543. The molecule has 1 heterocycles. The first-order chi connectivity index (χ1) is 8.72. The van der Waals surface area contributed by atoms with E-state index in [0.717, 1.165) is 5.69 Å². The molecular formula is C12H13ClN4O. The van der Waals surface area contributed by atoms with Gasteiger partial charge in [-0.3, -0.25) is 0 Å². The number of ether oxygens (including phenoxy) is 1. The van der Waals surface area contributed by atoms with Gasteiger partial charge in [0.25, 0.3) is 0 Å². The lowest BCUT2D eigenvalue weighted by Crippen LogP contribution is -2.00. The highest BCUT2D eigenvalue weighted by atomic mass is 35.5. The van der Waals surface area contributed by atoms with Crippen LogP contribution in [0.3, 0.4) is 0 Å². The third-order valence-electron chi connectivity index (χ3n) is 2.30. The van der Waals surface area contributed by atoms with Gasteiger partial charge < -0.3 is 15.4 Å². The molecule has 0 aliphatic carbocycles. The molecule has 0 amide bonds. The van der Waals surface area contributed by atoms with Crippen LogP contribution in [0.4, 0.5) is 17.5 Å². The largest absolute Gasteiger partial charge is 0.495 e. The van der Waals surface area contributed by atoms with Crippen molar-refractivity contribution in [2.24, 2.45) is 0 Å². The van der Waals surface area contributed by atoms with Gasteiger partial charge in [0.1, 0.15) is 11.6 Å². The van der Waals surface area contributed by atoms with Crippen LogP contribution in [0.5, 0.6) is 5.75 Å². The van der Waals surface area contributed by atoms with Crippen molar-refractivity contribution in [3.63, 3.8) is 0 Å². The monoisotopic (exact) mass is 264 g/mol. The van der Waals surface area contributed by atoms with Gasteiger partial charge in [0.15, 0.2) is 0 Å². The van der Waals surface area contributed by atoms with Crippen molar-refractivity contribution in [1.29, 1.82) is 0 Å². The molecule has 0 aliphatic rings. The molecule has 0 atom stereocenters. The Morgan fingerprint density at radius 2 is 2.11 bits per heavy atom. The summed E-state index contributed by atoms with van der Waals surface area (Å²) in [6, 6.07) is 7.11. The average molecular weight is 265 g/mol. The Hall–Kier alpha value is -2.01. The molecule has 1 aromatic heterocycles. The zero-order chi connectivity index (χ0) is 13.0. The van der Waals surface area contributed by atoms with E-state index in [1.807, 2.05) is 0 Å². The molecule has 0 saturated heterocycles. The first-order valence-corrected chi connectivity index (χ1v) is 5.72. The fraction of sp³-hybridized carbons (Fsp3) is 0.167. The molecule has 6 heteroatoms. The number of nitrogens with zero attached hydrogens (tertiary/aromatic N) is 2. The fourth-order valence-corrected chi connectivity index (χ4v) is 1.64. The predicted octanol–water partition coefficient (Wildman–Crippen LogP) is 2.92. The zero-order valence-electron chi connectivity index (χ0n) is 10.1. The lowest BCUT2D eigenvalue weighted by Gasteiger charge is -2.11. The minimum Gasteiger partial charge on any atom is -0.495 e. The summed E-state index contributed by atoms with van der Waals surface area (Å²) in [5.41, 5.74) is 0.755. The summed E-state index contributed by atoms with van der Waals surface area (Å²) in [4.78, 5) is 8.30. The molecule has 2 rings (SSSR count). The standard InChI is InChI=1S/C12H13ClN4O/c1-14-12-15-6-5-11(17-12)16-9-7-8(13)3-4-10(9)18-2/h3-7H,1-2H3,(H2,14,15,16,17). The molecule has 0 fully saturated rings. The van der Waals surface area contributed by atoms with Gasteiger partial charge in [0.05, 0.1) is 12.8 Å². The number of benzene rings is 1. The van der Waals surface area contributed by atoms with Crippen LogP contribution in [0.1, 0.15) is 0 Å². The average Bonchev–Trinajstić information content (AvgIpc) is 2.39. The molecule has 0 spiro atoms. The summed E-state index contributed by atoms with van der Waals surface area (Å²) in [5.74, 6) is 1.90. The molecule has 5 nitrogen and oxygen atoms in total. The van der Waals surface area contributed by atoms with E-state index >= 15 is 0 Å². The van der Waals surface area contributed by atoms with Crippen LogP contribution in [0.2, 0.25) is 5.02 Å². The molecule has 2 N–H and O–H groups in total. The molecule has 0 unspecified atom stereocenters. The van der Waals surface area contributed by atoms with Gasteiger partial charge in [-0.2, -0.15) is 4.98 Å². The smallest absolute Gasteiger partial charge is 0.224 e. The van der Waals surface area contributed by atoms with Gasteiger partial charge in [0.2, 0.25) is 5.95 Å². The SMILES string of the molecule is CNc1nccc(Nc2cc(Cl)ccc2OC)n1. The van der Waals surface area contributed by atoms with E-state index in [-0.39, 0.29) is 0 Å². The van der Waals surface area contributed by atoms with Crippen LogP contribution in [0.25, 0.3) is 0 Å². The molecule has 94 valence electrons. The summed E-state index contributed by atoms with van der Waals surface area (Å²) in [7, 11) is 3.37. The maximum atomic E-state index is 5.96. The van der Waals surface area contributed by atoms with Crippen molar-refractivity contribution in [1.82, 2.24) is 9.97 Å². The lowest BCUT2D eigenvalue weighted by atomic mass is 10.3. The minimum atomic E-state index is 0.543. The van der Waals surface area contributed by atoms with Gasteiger partial charge >= 0.3 is 0 Å². The van der Waals surface area contributed by atoms with E-state index in [2.05, 4.69) is 20.6 Å². The van der Waals surface area contributed by atoms with E-state index < -0.39 is 0 Å². The van der Waals surface area contributed by atoms with Gasteiger partial charge in [-0.05, 0) is 24.3 Å². The van der Waals surface area contributed by atoms with E-state index in [1.54, 1.807) is 44.6 Å². The summed E-state index contributed by atoms with van der Waals surface area (Å²) in [6.07, 6.45) is 1.66. The highest BCUT2D eigenvalue weighted by Gasteiger charge is 2.05. The Morgan fingerprint density at radius 1 is 1.28 bits per heavy atom. The molecule has 0 saturated carbocycles. The van der Waals surface area contributed by atoms with Crippen LogP contribution >= 0.6 is 11.6 Å². The summed E-state index contributed by atoms with van der Waals surface area (Å²) < 4.78 is 5.25. The van der Waals surface area contributed by atoms with Crippen LogP contribution < -0.4 is 15.4 Å². The second-order valence-corrected chi connectivity index (χ2v) is 3.92. The van der Waals surface area contributed by atoms with Crippen LogP contribution in [0, 0.1) is 0 Å². The lowest BCUT2D eigenvalue weighted by molar-refractivity contribution is 0.417. The maximum Gasteiger partial charge on any atom is 0.224 e. The highest BCUT2D eigenvalue weighted by Crippen LogP contribution is 2.29. The van der Waals surface area contributed by atoms with Crippen molar-refractivity contribution in [3.8, 4) is 5.75 Å². The Morgan fingerprint density at radius 3 is 2.83 bits per heavy atom. The number of aromatic nitrogens is 2. The maximum absolute atomic E-state index is 5.96. The number of hydrogen-bond acceptors (Lipinski definition) is 5. The van der Waals surface area contributed by atoms with Crippen molar-refractivity contribution < 1.29 is 4.74 Å². The Labute approximate surface area is 110 Å². The number of hydrogen-bond donors (Lipinski definition) is 2. The van der Waals surface area contributed by atoms with Gasteiger partial charge in [-0.25, -0.2) is 4.98 Å². The van der Waals surface area contributed by atoms with E-state index in [0.29, 0.717) is 22.5 Å². The van der Waals surface area contributed by atoms with E-state index in [9.17, 15) is 0 Å². The zero-order valence-corrected chi connectivity index (χ0v) is 10.8. The third-order valence-corrected chi connectivity index (χ3v) is 2.54. The number of methoxy groups -OCH3 is 1.